The van der Waals surface area contributed by atoms with Gasteiger partial charge in [-0.15, -0.1) is 0 Å². The van der Waals surface area contributed by atoms with E-state index in [1.165, 1.54) is 17.1 Å². The number of aromatic amines is 1. The highest BCUT2D eigenvalue weighted by Crippen LogP contribution is 2.37. The van der Waals surface area contributed by atoms with Crippen LogP contribution in [-0.2, 0) is 9.59 Å². The van der Waals surface area contributed by atoms with E-state index in [2.05, 4.69) is 26.0 Å². The summed E-state index contributed by atoms with van der Waals surface area (Å²) in [7, 11) is 0. The van der Waals surface area contributed by atoms with E-state index >= 15 is 0 Å². The van der Waals surface area contributed by atoms with Crippen LogP contribution < -0.4 is 5.56 Å². The fourth-order valence-electron chi connectivity index (χ4n) is 4.64. The Morgan fingerprint density at radius 1 is 1.03 bits per heavy atom. The number of amides is 1. The van der Waals surface area contributed by atoms with Crippen LogP contribution in [0.15, 0.2) is 87.2 Å². The Labute approximate surface area is 219 Å². The first-order valence-corrected chi connectivity index (χ1v) is 12.4. The molecule has 2 N–H and O–H groups in total. The van der Waals surface area contributed by atoms with Crippen LogP contribution in [-0.4, -0.2) is 32.7 Å². The zero-order chi connectivity index (χ0) is 26.1. The van der Waals surface area contributed by atoms with E-state index in [1.54, 1.807) is 12.1 Å². The number of carboxylic acids is 1. The number of aromatic nitrogens is 1. The number of rotatable bonds is 6. The largest absolute Gasteiger partial charge is 0.481 e. The lowest BCUT2D eigenvalue weighted by atomic mass is 9.91. The van der Waals surface area contributed by atoms with Crippen molar-refractivity contribution in [1.82, 2.24) is 9.99 Å². The molecular formula is C28H21BrFN3O4. The molecule has 4 aromatic rings. The minimum Gasteiger partial charge on any atom is -0.481 e. The van der Waals surface area contributed by atoms with Crippen molar-refractivity contribution in [1.29, 1.82) is 0 Å². The zero-order valence-electron chi connectivity index (χ0n) is 19.4. The van der Waals surface area contributed by atoms with Crippen molar-refractivity contribution in [3.63, 3.8) is 0 Å². The van der Waals surface area contributed by atoms with Crippen molar-refractivity contribution < 1.29 is 19.1 Å². The van der Waals surface area contributed by atoms with Gasteiger partial charge in [0.15, 0.2) is 0 Å². The SMILES string of the molecule is O=C(O)CCC(=O)N1N=C(c2c(-c3ccccc3)c3cc(Br)ccc3[nH]c2=O)C[C@H]1c1cccc(F)c1. The summed E-state index contributed by atoms with van der Waals surface area (Å²) >= 11 is 3.51. The number of aliphatic carboxylic acids is 1. The third kappa shape index (κ3) is 4.95. The molecule has 0 aliphatic carbocycles. The van der Waals surface area contributed by atoms with E-state index < -0.39 is 23.7 Å². The number of nitrogens with zero attached hydrogens (tertiary/aromatic N) is 2. The molecule has 0 unspecified atom stereocenters. The number of hydrogen-bond donors (Lipinski definition) is 2. The summed E-state index contributed by atoms with van der Waals surface area (Å²) in [5, 5.41) is 15.6. The van der Waals surface area contributed by atoms with Gasteiger partial charge in [-0.05, 0) is 41.5 Å². The van der Waals surface area contributed by atoms with Gasteiger partial charge in [-0.1, -0.05) is 58.4 Å². The normalized spacial score (nSPS) is 15.1. The van der Waals surface area contributed by atoms with Crippen LogP contribution in [0, 0.1) is 5.82 Å². The lowest BCUT2D eigenvalue weighted by molar-refractivity contribution is -0.141. The molecule has 3 aromatic carbocycles. The van der Waals surface area contributed by atoms with Crippen LogP contribution in [0.4, 0.5) is 4.39 Å². The number of carboxylic acid groups (broad SMARTS) is 1. The van der Waals surface area contributed by atoms with Gasteiger partial charge in [0.05, 0.1) is 23.7 Å². The summed E-state index contributed by atoms with van der Waals surface area (Å²) in [6.07, 6.45) is -0.481. The number of halogens is 2. The highest BCUT2D eigenvalue weighted by molar-refractivity contribution is 9.10. The van der Waals surface area contributed by atoms with Crippen LogP contribution in [0.3, 0.4) is 0 Å². The number of H-pyrrole nitrogens is 1. The van der Waals surface area contributed by atoms with Crippen LogP contribution >= 0.6 is 15.9 Å². The fraction of sp³-hybridized carbons (Fsp3) is 0.143. The Kier molecular flexibility index (Phi) is 6.71. The third-order valence-electron chi connectivity index (χ3n) is 6.28. The fourth-order valence-corrected chi connectivity index (χ4v) is 5.00. The van der Waals surface area contributed by atoms with Gasteiger partial charge in [-0.2, -0.15) is 5.10 Å². The Balaban J connectivity index is 1.70. The van der Waals surface area contributed by atoms with E-state index in [1.807, 2.05) is 48.5 Å². The Morgan fingerprint density at radius 2 is 1.81 bits per heavy atom. The molecule has 2 heterocycles. The quantitative estimate of drug-likeness (QED) is 0.318. The number of carbonyl (C=O) groups excluding carboxylic acids is 1. The molecule has 5 rings (SSSR count). The molecule has 0 fully saturated rings. The highest BCUT2D eigenvalue weighted by atomic mass is 79.9. The molecular weight excluding hydrogens is 541 g/mol. The molecule has 0 saturated carbocycles. The van der Waals surface area contributed by atoms with Crippen molar-refractivity contribution in [2.75, 3.05) is 0 Å². The number of nitrogens with one attached hydrogen (secondary N) is 1. The third-order valence-corrected chi connectivity index (χ3v) is 6.77. The minimum atomic E-state index is -1.11. The average molecular weight is 562 g/mol. The van der Waals surface area contributed by atoms with Gasteiger partial charge < -0.3 is 10.1 Å². The summed E-state index contributed by atoms with van der Waals surface area (Å²) in [6, 6.07) is 20.1. The van der Waals surface area contributed by atoms with Crippen molar-refractivity contribution >= 4 is 44.4 Å². The van der Waals surface area contributed by atoms with Gasteiger partial charge in [0.2, 0.25) is 5.91 Å². The number of fused-ring (bicyclic) bond motifs is 1. The van der Waals surface area contributed by atoms with E-state index in [4.69, 9.17) is 5.11 Å². The molecule has 0 bridgehead atoms. The molecule has 186 valence electrons. The number of carbonyl (C=O) groups is 2. The zero-order valence-corrected chi connectivity index (χ0v) is 21.0. The Bertz CT molecular complexity index is 1620. The summed E-state index contributed by atoms with van der Waals surface area (Å²) in [5.41, 5.74) is 2.91. The molecule has 1 aliphatic rings. The molecule has 0 radical (unpaired) electrons. The molecule has 9 heteroatoms. The average Bonchev–Trinajstić information content (AvgIpc) is 3.32. The maximum absolute atomic E-state index is 14.1. The first kappa shape index (κ1) is 24.6. The minimum absolute atomic E-state index is 0.157. The second-order valence-corrected chi connectivity index (χ2v) is 9.63. The summed E-state index contributed by atoms with van der Waals surface area (Å²) in [5.74, 6) is -2.10. The second-order valence-electron chi connectivity index (χ2n) is 8.71. The van der Waals surface area contributed by atoms with Crippen molar-refractivity contribution in [3.05, 3.63) is 105 Å². The van der Waals surface area contributed by atoms with Gasteiger partial charge >= 0.3 is 5.97 Å². The predicted molar refractivity (Wildman–Crippen MR) is 142 cm³/mol. The maximum atomic E-state index is 14.1. The number of hydrogen-bond acceptors (Lipinski definition) is 4. The van der Waals surface area contributed by atoms with Crippen molar-refractivity contribution in [2.45, 2.75) is 25.3 Å². The van der Waals surface area contributed by atoms with Crippen LogP contribution in [0.25, 0.3) is 22.0 Å². The molecule has 0 saturated heterocycles. The van der Waals surface area contributed by atoms with Gasteiger partial charge in [-0.25, -0.2) is 9.40 Å². The first-order valence-electron chi connectivity index (χ1n) is 11.6. The van der Waals surface area contributed by atoms with E-state index in [0.717, 1.165) is 15.4 Å². The van der Waals surface area contributed by atoms with E-state index in [0.29, 0.717) is 27.9 Å². The molecule has 37 heavy (non-hydrogen) atoms. The number of benzene rings is 3. The Hall–Kier alpha value is -4.11. The molecule has 1 atom stereocenters. The standard InChI is InChI=1S/C28H21BrFN3O4/c29-18-9-10-21-20(14-18)26(16-5-2-1-3-6-16)27(28(37)31-21)22-15-23(17-7-4-8-19(30)13-17)33(32-22)24(34)11-12-25(35)36/h1-10,13-14,23H,11-12,15H2,(H,31,37)(H,35,36)/t23-/m0/s1. The number of pyridine rings is 1. The lowest BCUT2D eigenvalue weighted by Gasteiger charge is -2.22. The second kappa shape index (κ2) is 10.1. The maximum Gasteiger partial charge on any atom is 0.303 e. The van der Waals surface area contributed by atoms with Gasteiger partial charge in [0.25, 0.3) is 5.56 Å². The van der Waals surface area contributed by atoms with Crippen molar-refractivity contribution in [3.8, 4) is 11.1 Å². The van der Waals surface area contributed by atoms with Gasteiger partial charge in [0, 0.05) is 33.8 Å². The predicted octanol–water partition coefficient (Wildman–Crippen LogP) is 5.64. The van der Waals surface area contributed by atoms with Gasteiger partial charge in [-0.3, -0.25) is 14.4 Å². The topological polar surface area (TPSA) is 103 Å². The first-order chi connectivity index (χ1) is 17.8. The molecule has 1 amide bonds. The summed E-state index contributed by atoms with van der Waals surface area (Å²) < 4.78 is 14.9. The smallest absolute Gasteiger partial charge is 0.303 e. The molecule has 7 nitrogen and oxygen atoms in total. The monoisotopic (exact) mass is 561 g/mol. The lowest BCUT2D eigenvalue weighted by Crippen LogP contribution is -2.27. The van der Waals surface area contributed by atoms with E-state index in [-0.39, 0.29) is 24.8 Å². The van der Waals surface area contributed by atoms with Crippen LogP contribution in [0.5, 0.6) is 0 Å². The number of hydrazone groups is 1. The van der Waals surface area contributed by atoms with Gasteiger partial charge in [0.1, 0.15) is 5.82 Å². The molecule has 1 aromatic heterocycles. The Morgan fingerprint density at radius 3 is 2.54 bits per heavy atom. The van der Waals surface area contributed by atoms with Crippen LogP contribution in [0.1, 0.15) is 36.4 Å². The van der Waals surface area contributed by atoms with E-state index in [9.17, 15) is 18.8 Å². The summed E-state index contributed by atoms with van der Waals surface area (Å²) in [4.78, 5) is 40.6. The molecule has 1 aliphatic heterocycles. The summed E-state index contributed by atoms with van der Waals surface area (Å²) in [6.45, 7) is 0. The molecule has 0 spiro atoms. The highest BCUT2D eigenvalue weighted by Gasteiger charge is 2.35. The van der Waals surface area contributed by atoms with Crippen LogP contribution in [0.2, 0.25) is 0 Å². The van der Waals surface area contributed by atoms with Crippen molar-refractivity contribution in [2.24, 2.45) is 5.10 Å².